The Morgan fingerprint density at radius 1 is 1.03 bits per heavy atom. The van der Waals surface area contributed by atoms with Gasteiger partial charge in [0.25, 0.3) is 5.91 Å². The number of carbonyl (C=O) groups excluding carboxylic acids is 2. The van der Waals surface area contributed by atoms with E-state index >= 15 is 0 Å². The minimum absolute atomic E-state index is 0.177. The highest BCUT2D eigenvalue weighted by molar-refractivity contribution is 7.12. The number of nitrogens with two attached hydrogens (primary N) is 1. The molecule has 2 aromatic carbocycles. The van der Waals surface area contributed by atoms with Gasteiger partial charge in [0.15, 0.2) is 0 Å². The summed E-state index contributed by atoms with van der Waals surface area (Å²) in [6, 6.07) is 18.3. The fourth-order valence-electron chi connectivity index (χ4n) is 2.90. The van der Waals surface area contributed by atoms with E-state index in [1.807, 2.05) is 41.8 Å². The molecule has 172 valence electrons. The average molecular weight is 465 g/mol. The lowest BCUT2D eigenvalue weighted by Crippen LogP contribution is -2.27. The van der Waals surface area contributed by atoms with Crippen LogP contribution in [0.15, 0.2) is 71.0 Å². The number of thiophene rings is 1. The van der Waals surface area contributed by atoms with Crippen LogP contribution in [0.4, 0.5) is 16.2 Å². The van der Waals surface area contributed by atoms with E-state index in [1.54, 1.807) is 56.4 Å². The van der Waals surface area contributed by atoms with Crippen molar-refractivity contribution in [1.82, 2.24) is 5.32 Å². The number of carbonyl (C=O) groups is 2. The number of hydrogen-bond donors (Lipinski definition) is 3. The number of hydrogen-bond acceptors (Lipinski definition) is 5. The van der Waals surface area contributed by atoms with Crippen molar-refractivity contribution in [3.63, 3.8) is 0 Å². The van der Waals surface area contributed by atoms with Gasteiger partial charge in [-0.15, -0.1) is 11.3 Å². The molecule has 0 fully saturated rings. The molecule has 0 saturated heterocycles. The van der Waals surface area contributed by atoms with Crippen LogP contribution >= 0.6 is 11.3 Å². The lowest BCUT2D eigenvalue weighted by atomic mass is 10.1. The predicted molar refractivity (Wildman–Crippen MR) is 133 cm³/mol. The Kier molecular flexibility index (Phi) is 7.84. The van der Waals surface area contributed by atoms with Gasteiger partial charge in [0.1, 0.15) is 11.4 Å². The second-order valence-electron chi connectivity index (χ2n) is 8.35. The number of amides is 2. The number of benzene rings is 2. The van der Waals surface area contributed by atoms with Crippen molar-refractivity contribution in [2.24, 2.45) is 10.7 Å². The molecule has 0 atom stereocenters. The van der Waals surface area contributed by atoms with Crippen LogP contribution in [0, 0.1) is 0 Å². The van der Waals surface area contributed by atoms with Gasteiger partial charge in [0.2, 0.25) is 0 Å². The Hall–Kier alpha value is -3.65. The van der Waals surface area contributed by atoms with Crippen LogP contribution in [-0.4, -0.2) is 30.0 Å². The molecule has 3 aromatic rings. The van der Waals surface area contributed by atoms with Crippen molar-refractivity contribution in [2.45, 2.75) is 32.8 Å². The summed E-state index contributed by atoms with van der Waals surface area (Å²) in [7, 11) is 0. The first kappa shape index (κ1) is 24.0. The molecule has 0 aliphatic heterocycles. The number of rotatable bonds is 7. The molecule has 4 N–H and O–H groups in total. The van der Waals surface area contributed by atoms with Crippen LogP contribution in [0.1, 0.15) is 41.6 Å². The number of nitrogens with zero attached hydrogens (tertiary/aromatic N) is 1. The zero-order chi connectivity index (χ0) is 23.8. The van der Waals surface area contributed by atoms with Crippen molar-refractivity contribution in [3.8, 4) is 0 Å². The highest BCUT2D eigenvalue weighted by Gasteiger charge is 2.16. The average Bonchev–Trinajstić information content (AvgIpc) is 3.29. The molecule has 0 radical (unpaired) electrons. The summed E-state index contributed by atoms with van der Waals surface area (Å²) in [4.78, 5) is 29.6. The maximum atomic E-state index is 12.4. The molecule has 8 heteroatoms. The lowest BCUT2D eigenvalue weighted by molar-refractivity contribution is 0.0635. The van der Waals surface area contributed by atoms with Crippen molar-refractivity contribution in [3.05, 3.63) is 82.0 Å². The van der Waals surface area contributed by atoms with Gasteiger partial charge in [-0.2, -0.15) is 0 Å². The SMILES string of the molecule is CC(C)(C)OC(=O)Nc1ccc(C(=O)NCCc2ccc(/N=C(\N)c3cccs3)cc2)cc1. The van der Waals surface area contributed by atoms with E-state index < -0.39 is 11.7 Å². The molecule has 1 heterocycles. The quantitative estimate of drug-likeness (QED) is 0.334. The number of aliphatic imine (C=N–C) groups is 1. The first-order chi connectivity index (χ1) is 15.7. The molecule has 0 aliphatic carbocycles. The third kappa shape index (κ3) is 7.76. The van der Waals surface area contributed by atoms with Crippen molar-refractivity contribution < 1.29 is 14.3 Å². The summed E-state index contributed by atoms with van der Waals surface area (Å²) in [5, 5.41) is 7.51. The fourth-order valence-corrected chi connectivity index (χ4v) is 3.53. The Morgan fingerprint density at radius 2 is 1.73 bits per heavy atom. The minimum Gasteiger partial charge on any atom is -0.444 e. The first-order valence-electron chi connectivity index (χ1n) is 10.5. The number of ether oxygens (including phenoxy) is 1. The molecule has 7 nitrogen and oxygen atoms in total. The van der Waals surface area contributed by atoms with Crippen molar-refractivity contribution in [2.75, 3.05) is 11.9 Å². The van der Waals surface area contributed by atoms with Crippen LogP contribution in [0.5, 0.6) is 0 Å². The third-order valence-electron chi connectivity index (χ3n) is 4.45. The van der Waals surface area contributed by atoms with E-state index in [0.29, 0.717) is 30.1 Å². The molecule has 0 saturated carbocycles. The molecule has 0 spiro atoms. The van der Waals surface area contributed by atoms with Crippen LogP contribution < -0.4 is 16.4 Å². The molecule has 3 rings (SSSR count). The third-order valence-corrected chi connectivity index (χ3v) is 5.34. The summed E-state index contributed by atoms with van der Waals surface area (Å²) in [6.07, 6.45) is 0.152. The minimum atomic E-state index is -0.574. The fraction of sp³-hybridized carbons (Fsp3) is 0.240. The smallest absolute Gasteiger partial charge is 0.412 e. The van der Waals surface area contributed by atoms with Crippen LogP contribution in [0.2, 0.25) is 0 Å². The molecule has 0 bridgehead atoms. The summed E-state index contributed by atoms with van der Waals surface area (Å²) in [5.74, 6) is 0.320. The summed E-state index contributed by atoms with van der Waals surface area (Å²) < 4.78 is 5.22. The molecule has 1 aromatic heterocycles. The Morgan fingerprint density at radius 3 is 2.33 bits per heavy atom. The molecule has 0 aliphatic rings. The summed E-state index contributed by atoms with van der Waals surface area (Å²) in [6.45, 7) is 5.89. The maximum absolute atomic E-state index is 12.4. The van der Waals surface area contributed by atoms with Gasteiger partial charge in [-0.1, -0.05) is 18.2 Å². The largest absolute Gasteiger partial charge is 0.444 e. The van der Waals surface area contributed by atoms with Gasteiger partial charge >= 0.3 is 6.09 Å². The van der Waals surface area contributed by atoms with E-state index in [9.17, 15) is 9.59 Å². The Balaban J connectivity index is 1.46. The maximum Gasteiger partial charge on any atom is 0.412 e. The highest BCUT2D eigenvalue weighted by atomic mass is 32.1. The van der Waals surface area contributed by atoms with Gasteiger partial charge < -0.3 is 15.8 Å². The zero-order valence-corrected chi connectivity index (χ0v) is 19.7. The summed E-state index contributed by atoms with van der Waals surface area (Å²) >= 11 is 1.55. The monoisotopic (exact) mass is 464 g/mol. The lowest BCUT2D eigenvalue weighted by Gasteiger charge is -2.19. The molecular weight excluding hydrogens is 436 g/mol. The number of anilines is 1. The van der Waals surface area contributed by atoms with Crippen molar-refractivity contribution in [1.29, 1.82) is 0 Å². The van der Waals surface area contributed by atoms with Crippen LogP contribution in [0.25, 0.3) is 0 Å². The molecular formula is C25H28N4O3S. The summed E-state index contributed by atoms with van der Waals surface area (Å²) in [5.41, 5.74) is 8.39. The highest BCUT2D eigenvalue weighted by Crippen LogP contribution is 2.17. The number of nitrogens with one attached hydrogen (secondary N) is 2. The normalized spacial score (nSPS) is 11.7. The van der Waals surface area contributed by atoms with Crippen LogP contribution in [-0.2, 0) is 11.2 Å². The van der Waals surface area contributed by atoms with E-state index in [0.717, 1.165) is 16.1 Å². The van der Waals surface area contributed by atoms with Gasteiger partial charge in [0.05, 0.1) is 10.6 Å². The van der Waals surface area contributed by atoms with E-state index in [1.165, 1.54) is 0 Å². The van der Waals surface area contributed by atoms with Gasteiger partial charge in [-0.3, -0.25) is 10.1 Å². The second kappa shape index (κ2) is 10.8. The van der Waals surface area contributed by atoms with Gasteiger partial charge in [-0.05, 0) is 80.6 Å². The Bertz CT molecular complexity index is 1100. The Labute approximate surface area is 197 Å². The van der Waals surface area contributed by atoms with E-state index in [4.69, 9.17) is 10.5 Å². The van der Waals surface area contributed by atoms with E-state index in [2.05, 4.69) is 15.6 Å². The van der Waals surface area contributed by atoms with Gasteiger partial charge in [0, 0.05) is 17.8 Å². The first-order valence-corrected chi connectivity index (χ1v) is 11.4. The number of amidine groups is 1. The van der Waals surface area contributed by atoms with Crippen LogP contribution in [0.3, 0.4) is 0 Å². The van der Waals surface area contributed by atoms with Gasteiger partial charge in [-0.25, -0.2) is 9.79 Å². The molecule has 0 unspecified atom stereocenters. The standard InChI is InChI=1S/C25H28N4O3S/c1-25(2,3)32-24(31)29-20-12-8-18(9-13-20)23(30)27-15-14-17-6-10-19(11-7-17)28-22(26)21-5-4-16-33-21/h4-13,16H,14-15H2,1-3H3,(H2,26,28)(H,27,30)(H,29,31). The zero-order valence-electron chi connectivity index (χ0n) is 18.9. The second-order valence-corrected chi connectivity index (χ2v) is 9.30. The van der Waals surface area contributed by atoms with Crippen molar-refractivity contribution >= 4 is 40.5 Å². The van der Waals surface area contributed by atoms with E-state index in [-0.39, 0.29) is 5.91 Å². The topological polar surface area (TPSA) is 106 Å². The molecule has 2 amide bonds. The molecule has 33 heavy (non-hydrogen) atoms. The predicted octanol–water partition coefficient (Wildman–Crippen LogP) is 5.10.